The van der Waals surface area contributed by atoms with Gasteiger partial charge in [0.05, 0.1) is 23.9 Å². The second-order valence-corrected chi connectivity index (χ2v) is 7.51. The Bertz CT molecular complexity index is 1270. The molecule has 4 aromatic rings. The van der Waals surface area contributed by atoms with Gasteiger partial charge < -0.3 is 10.1 Å². The fourth-order valence-corrected chi connectivity index (χ4v) is 3.71. The molecule has 0 fully saturated rings. The molecule has 0 saturated heterocycles. The van der Waals surface area contributed by atoms with Gasteiger partial charge in [0.1, 0.15) is 11.6 Å². The molecule has 6 nitrogen and oxygen atoms in total. The van der Waals surface area contributed by atoms with Crippen molar-refractivity contribution in [3.63, 3.8) is 0 Å². The molecule has 0 aliphatic carbocycles. The average Bonchev–Trinajstić information content (AvgIpc) is 3.08. The van der Waals surface area contributed by atoms with Crippen molar-refractivity contribution >= 4 is 22.6 Å². The highest BCUT2D eigenvalue weighted by Gasteiger charge is 2.17. The minimum absolute atomic E-state index is 0.266. The predicted molar refractivity (Wildman–Crippen MR) is 119 cm³/mol. The maximum absolute atomic E-state index is 12.9. The highest BCUT2D eigenvalue weighted by atomic mass is 16.5. The van der Waals surface area contributed by atoms with Crippen LogP contribution in [0.2, 0.25) is 0 Å². The fourth-order valence-electron chi connectivity index (χ4n) is 3.71. The monoisotopic (exact) mass is 400 g/mol. The Hall–Kier alpha value is -3.67. The van der Waals surface area contributed by atoms with Gasteiger partial charge in [-0.2, -0.15) is 9.78 Å². The summed E-state index contributed by atoms with van der Waals surface area (Å²) >= 11 is 0. The van der Waals surface area contributed by atoms with E-state index in [-0.39, 0.29) is 5.91 Å². The van der Waals surface area contributed by atoms with E-state index in [2.05, 4.69) is 43.3 Å². The van der Waals surface area contributed by atoms with E-state index in [4.69, 9.17) is 9.72 Å². The minimum Gasteiger partial charge on any atom is -0.496 e. The third-order valence-corrected chi connectivity index (χ3v) is 5.08. The molecule has 2 aromatic carbocycles. The van der Waals surface area contributed by atoms with Crippen molar-refractivity contribution in [2.45, 2.75) is 27.7 Å². The molecule has 152 valence electrons. The van der Waals surface area contributed by atoms with Crippen LogP contribution in [0, 0.1) is 27.7 Å². The number of methoxy groups -OCH3 is 1. The van der Waals surface area contributed by atoms with E-state index in [1.165, 1.54) is 5.56 Å². The summed E-state index contributed by atoms with van der Waals surface area (Å²) in [6, 6.07) is 15.2. The summed E-state index contributed by atoms with van der Waals surface area (Å²) in [5, 5.41) is 8.65. The molecule has 0 bridgehead atoms. The standard InChI is InChI=1S/C24H24N4O2/c1-14-10-16(3)23-19(11-14)15(2)12-21(25-23)28-22(13-17(4)27-28)26-24(29)18-8-6-7-9-20(18)30-5/h6-13H,1-5H3,(H,26,29). The Morgan fingerprint density at radius 3 is 2.53 bits per heavy atom. The van der Waals surface area contributed by atoms with Crippen molar-refractivity contribution in [1.82, 2.24) is 14.8 Å². The molecule has 2 aromatic heterocycles. The molecule has 2 heterocycles. The summed E-state index contributed by atoms with van der Waals surface area (Å²) in [7, 11) is 1.55. The number of carbonyl (C=O) groups is 1. The molecule has 1 N–H and O–H groups in total. The van der Waals surface area contributed by atoms with E-state index in [0.717, 1.165) is 27.7 Å². The van der Waals surface area contributed by atoms with Gasteiger partial charge in [-0.05, 0) is 63.1 Å². The number of hydrogen-bond acceptors (Lipinski definition) is 4. The molecule has 0 aliphatic heterocycles. The number of aromatic nitrogens is 3. The summed E-state index contributed by atoms with van der Waals surface area (Å²) in [5.41, 5.74) is 5.60. The summed E-state index contributed by atoms with van der Waals surface area (Å²) < 4.78 is 6.99. The third-order valence-electron chi connectivity index (χ3n) is 5.08. The van der Waals surface area contributed by atoms with Gasteiger partial charge in [0.15, 0.2) is 5.82 Å². The third kappa shape index (κ3) is 3.52. The highest BCUT2D eigenvalue weighted by Crippen LogP contribution is 2.26. The number of anilines is 1. The zero-order valence-corrected chi connectivity index (χ0v) is 17.8. The lowest BCUT2D eigenvalue weighted by Gasteiger charge is -2.13. The molecule has 0 radical (unpaired) electrons. The van der Waals surface area contributed by atoms with E-state index in [1.807, 2.05) is 25.1 Å². The van der Waals surface area contributed by atoms with Gasteiger partial charge in [-0.1, -0.05) is 23.8 Å². The second kappa shape index (κ2) is 7.63. The molecule has 6 heteroatoms. The van der Waals surface area contributed by atoms with Crippen LogP contribution >= 0.6 is 0 Å². The normalized spacial score (nSPS) is 11.0. The number of pyridine rings is 1. The Morgan fingerprint density at radius 2 is 1.77 bits per heavy atom. The molecule has 0 aliphatic rings. The van der Waals surface area contributed by atoms with Crippen LogP contribution in [0.15, 0.2) is 48.5 Å². The number of ether oxygens (including phenoxy) is 1. The van der Waals surface area contributed by atoms with Gasteiger partial charge in [0.2, 0.25) is 0 Å². The summed E-state index contributed by atoms with van der Waals surface area (Å²) in [5.74, 6) is 1.47. The second-order valence-electron chi connectivity index (χ2n) is 7.51. The number of benzene rings is 2. The average molecular weight is 400 g/mol. The zero-order chi connectivity index (χ0) is 21.4. The molecule has 0 unspecified atom stereocenters. The van der Waals surface area contributed by atoms with Crippen molar-refractivity contribution in [2.75, 3.05) is 12.4 Å². The first-order chi connectivity index (χ1) is 14.4. The first-order valence-corrected chi connectivity index (χ1v) is 9.77. The number of nitrogens with one attached hydrogen (secondary N) is 1. The van der Waals surface area contributed by atoms with Gasteiger partial charge in [0, 0.05) is 11.5 Å². The lowest BCUT2D eigenvalue weighted by atomic mass is 10.0. The summed E-state index contributed by atoms with van der Waals surface area (Å²) in [6.07, 6.45) is 0. The van der Waals surface area contributed by atoms with Crippen LogP contribution in [0.5, 0.6) is 5.75 Å². The van der Waals surface area contributed by atoms with E-state index >= 15 is 0 Å². The van der Waals surface area contributed by atoms with Crippen LogP contribution in [0.4, 0.5) is 5.82 Å². The molecule has 4 rings (SSSR count). The van der Waals surface area contributed by atoms with Gasteiger partial charge in [0.25, 0.3) is 5.91 Å². The molecule has 30 heavy (non-hydrogen) atoms. The maximum atomic E-state index is 12.9. The summed E-state index contributed by atoms with van der Waals surface area (Å²) in [4.78, 5) is 17.8. The quantitative estimate of drug-likeness (QED) is 0.528. The van der Waals surface area contributed by atoms with Crippen LogP contribution in [0.1, 0.15) is 32.7 Å². The van der Waals surface area contributed by atoms with E-state index in [0.29, 0.717) is 22.9 Å². The van der Waals surface area contributed by atoms with Crippen molar-refractivity contribution < 1.29 is 9.53 Å². The Morgan fingerprint density at radius 1 is 1.00 bits per heavy atom. The van der Waals surface area contributed by atoms with Crippen LogP contribution < -0.4 is 10.1 Å². The van der Waals surface area contributed by atoms with Gasteiger partial charge in [-0.25, -0.2) is 4.98 Å². The Kier molecular flexibility index (Phi) is 4.99. The first kappa shape index (κ1) is 19.6. The van der Waals surface area contributed by atoms with E-state index in [9.17, 15) is 4.79 Å². The van der Waals surface area contributed by atoms with Crippen LogP contribution in [-0.2, 0) is 0 Å². The Balaban J connectivity index is 1.78. The molecule has 0 atom stereocenters. The maximum Gasteiger partial charge on any atom is 0.260 e. The number of nitrogens with zero attached hydrogens (tertiary/aromatic N) is 3. The number of amides is 1. The molecule has 0 spiro atoms. The number of hydrogen-bond donors (Lipinski definition) is 1. The van der Waals surface area contributed by atoms with Crippen molar-refractivity contribution in [3.05, 3.63) is 76.5 Å². The number of aryl methyl sites for hydroxylation is 4. The smallest absolute Gasteiger partial charge is 0.260 e. The van der Waals surface area contributed by atoms with Gasteiger partial charge >= 0.3 is 0 Å². The lowest BCUT2D eigenvalue weighted by molar-refractivity contribution is 0.102. The van der Waals surface area contributed by atoms with E-state index < -0.39 is 0 Å². The summed E-state index contributed by atoms with van der Waals surface area (Å²) in [6.45, 7) is 8.10. The molecule has 0 saturated carbocycles. The highest BCUT2D eigenvalue weighted by molar-refractivity contribution is 6.06. The molecule has 1 amide bonds. The van der Waals surface area contributed by atoms with Crippen LogP contribution in [0.25, 0.3) is 16.7 Å². The number of fused-ring (bicyclic) bond motifs is 1. The fraction of sp³-hybridized carbons (Fsp3) is 0.208. The predicted octanol–water partition coefficient (Wildman–Crippen LogP) is 4.92. The van der Waals surface area contributed by atoms with Gasteiger partial charge in [-0.3, -0.25) is 4.79 Å². The minimum atomic E-state index is -0.266. The molecular weight excluding hydrogens is 376 g/mol. The van der Waals surface area contributed by atoms with E-state index in [1.54, 1.807) is 30.0 Å². The topological polar surface area (TPSA) is 69.0 Å². The number of rotatable bonds is 4. The van der Waals surface area contributed by atoms with Gasteiger partial charge in [-0.15, -0.1) is 0 Å². The zero-order valence-electron chi connectivity index (χ0n) is 17.8. The lowest BCUT2D eigenvalue weighted by Crippen LogP contribution is -2.16. The van der Waals surface area contributed by atoms with Crippen molar-refractivity contribution in [1.29, 1.82) is 0 Å². The van der Waals surface area contributed by atoms with Crippen LogP contribution in [0.3, 0.4) is 0 Å². The number of para-hydroxylation sites is 1. The first-order valence-electron chi connectivity index (χ1n) is 9.77. The largest absolute Gasteiger partial charge is 0.496 e. The SMILES string of the molecule is COc1ccccc1C(=O)Nc1cc(C)nn1-c1cc(C)c2cc(C)cc(C)c2n1. The van der Waals surface area contributed by atoms with Crippen molar-refractivity contribution in [2.24, 2.45) is 0 Å². The molecular formula is C24H24N4O2. The Labute approximate surface area is 175 Å². The van der Waals surface area contributed by atoms with Crippen LogP contribution in [-0.4, -0.2) is 27.8 Å². The number of carbonyl (C=O) groups excluding carboxylic acids is 1. The van der Waals surface area contributed by atoms with Crippen molar-refractivity contribution in [3.8, 4) is 11.6 Å².